The number of nitrogens with zero attached hydrogens (tertiary/aromatic N) is 1. The Labute approximate surface area is 488 Å². The maximum absolute atomic E-state index is 14.6. The summed E-state index contributed by atoms with van der Waals surface area (Å²) in [7, 11) is 2.29. The van der Waals surface area contributed by atoms with E-state index in [1.807, 2.05) is 56.3 Å². The third-order valence-corrected chi connectivity index (χ3v) is 16.3. The summed E-state index contributed by atoms with van der Waals surface area (Å²) in [6, 6.07) is 17.4. The van der Waals surface area contributed by atoms with E-state index in [2.05, 4.69) is 42.5 Å². The van der Waals surface area contributed by atoms with Crippen LogP contribution in [0.4, 0.5) is 0 Å². The molecule has 23 nitrogen and oxygen atoms in total. The van der Waals surface area contributed by atoms with E-state index in [-0.39, 0.29) is 61.2 Å². The molecule has 10 atom stereocenters. The van der Waals surface area contributed by atoms with Gasteiger partial charge in [-0.2, -0.15) is 0 Å². The SMILES string of the molecule is CC(C)C[C@H](NC(=O)c1ccc(-c2ccccc2)cc1)C(=O)N1CCC[C@H]1[C@H](O)N[C@H]1CSSC[C@@H](C)NC(=O)[C@H](C(C)O)NC(=O)CNC(=O)[C@H](Cc2ccc(O)cc2)NC(=O)[C@H](Cc2ccc(O)cc2)NC(=O)[C@H](CC(=O)O)NC1=O. The average molecular weight is 1180 g/mol. The number of amides is 8. The molecule has 1 unspecified atom stereocenters. The van der Waals surface area contributed by atoms with Crippen molar-refractivity contribution in [1.29, 1.82) is 0 Å². The second-order valence-corrected chi connectivity index (χ2v) is 23.6. The van der Waals surface area contributed by atoms with Crippen LogP contribution in [0, 0.1) is 5.92 Å². The minimum Gasteiger partial charge on any atom is -0.508 e. The molecule has 13 N–H and O–H groups in total. The van der Waals surface area contributed by atoms with Gasteiger partial charge in [0.15, 0.2) is 0 Å². The molecule has 4 aromatic rings. The van der Waals surface area contributed by atoms with Gasteiger partial charge in [-0.15, -0.1) is 0 Å². The van der Waals surface area contributed by atoms with Crippen molar-refractivity contribution in [3.8, 4) is 22.6 Å². The van der Waals surface area contributed by atoms with Gasteiger partial charge in [0, 0.05) is 42.5 Å². The van der Waals surface area contributed by atoms with E-state index in [9.17, 15) is 68.7 Å². The van der Waals surface area contributed by atoms with Gasteiger partial charge >= 0.3 is 5.97 Å². The summed E-state index contributed by atoms with van der Waals surface area (Å²) in [4.78, 5) is 126. The Kier molecular flexibility index (Phi) is 24.1. The molecule has 0 radical (unpaired) electrons. The summed E-state index contributed by atoms with van der Waals surface area (Å²) in [5, 5.41) is 73.7. The molecule has 2 heterocycles. The zero-order valence-corrected chi connectivity index (χ0v) is 48.0. The Hall–Kier alpha value is -7.71. The predicted molar refractivity (Wildman–Crippen MR) is 311 cm³/mol. The van der Waals surface area contributed by atoms with E-state index in [0.29, 0.717) is 23.1 Å². The molecule has 0 aromatic heterocycles. The van der Waals surface area contributed by atoms with Crippen LogP contribution in [0.2, 0.25) is 0 Å². The number of likely N-dealkylation sites (tertiary alicyclic amines) is 1. The van der Waals surface area contributed by atoms with Crippen molar-refractivity contribution in [3.63, 3.8) is 0 Å². The zero-order chi connectivity index (χ0) is 60.3. The molecule has 0 spiro atoms. The van der Waals surface area contributed by atoms with Crippen molar-refractivity contribution in [2.75, 3.05) is 24.6 Å². The third kappa shape index (κ3) is 19.7. The number of carbonyl (C=O) groups is 9. The molecule has 4 aromatic carbocycles. The molecule has 2 aliphatic heterocycles. The number of nitrogens with one attached hydrogen (secondary N) is 8. The number of aliphatic hydroxyl groups is 2. The van der Waals surface area contributed by atoms with E-state index in [4.69, 9.17) is 0 Å². The minimum absolute atomic E-state index is 0.0493. The lowest BCUT2D eigenvalue weighted by molar-refractivity contribution is -0.141. The van der Waals surface area contributed by atoms with Crippen molar-refractivity contribution in [2.45, 2.75) is 127 Å². The fourth-order valence-corrected chi connectivity index (χ4v) is 11.9. The molecule has 0 saturated carbocycles. The van der Waals surface area contributed by atoms with Crippen LogP contribution in [0.3, 0.4) is 0 Å². The molecule has 2 fully saturated rings. The number of hydrogen-bond acceptors (Lipinski definition) is 16. The topological polar surface area (TPSA) is 354 Å². The maximum atomic E-state index is 14.6. The van der Waals surface area contributed by atoms with Crippen molar-refractivity contribution in [1.82, 2.24) is 47.4 Å². The molecule has 2 aliphatic rings. The number of carboxylic acid groups (broad SMARTS) is 1. The summed E-state index contributed by atoms with van der Waals surface area (Å²) in [5.41, 5.74) is 3.01. The van der Waals surface area contributed by atoms with Gasteiger partial charge in [-0.3, -0.25) is 48.5 Å². The van der Waals surface area contributed by atoms with Crippen LogP contribution in [-0.4, -0.2) is 169 Å². The number of aliphatic carboxylic acids is 1. The third-order valence-electron chi connectivity index (χ3n) is 13.8. The van der Waals surface area contributed by atoms with Gasteiger partial charge in [0.2, 0.25) is 41.4 Å². The largest absolute Gasteiger partial charge is 0.508 e. The normalized spacial score (nSPS) is 23.0. The Balaban J connectivity index is 1.28. The summed E-state index contributed by atoms with van der Waals surface area (Å²) in [6.07, 6.45) is -3.55. The van der Waals surface area contributed by atoms with Crippen LogP contribution in [-0.2, 0) is 51.2 Å². The highest BCUT2D eigenvalue weighted by Crippen LogP contribution is 2.27. The van der Waals surface area contributed by atoms with Crippen LogP contribution in [0.5, 0.6) is 11.5 Å². The van der Waals surface area contributed by atoms with Gasteiger partial charge in [0.1, 0.15) is 47.9 Å². The second-order valence-electron chi connectivity index (χ2n) is 21.0. The summed E-state index contributed by atoms with van der Waals surface area (Å²) >= 11 is 0. The van der Waals surface area contributed by atoms with Crippen LogP contribution in [0.15, 0.2) is 103 Å². The Morgan fingerprint density at radius 3 is 1.80 bits per heavy atom. The predicted octanol–water partition coefficient (Wildman–Crippen LogP) is 1.47. The quantitative estimate of drug-likeness (QED) is 0.0558. The lowest BCUT2D eigenvalue weighted by atomic mass is 10.0. The summed E-state index contributed by atoms with van der Waals surface area (Å²) in [5.74, 6) is -8.32. The van der Waals surface area contributed by atoms with E-state index < -0.39 is 127 Å². The van der Waals surface area contributed by atoms with Gasteiger partial charge in [-0.1, -0.05) is 102 Å². The van der Waals surface area contributed by atoms with Crippen LogP contribution < -0.4 is 42.5 Å². The number of phenolic OH excluding ortho intramolecular Hbond substituents is 2. The van der Waals surface area contributed by atoms with E-state index in [1.165, 1.54) is 71.1 Å². The van der Waals surface area contributed by atoms with Gasteiger partial charge in [0.25, 0.3) is 5.91 Å². The first-order chi connectivity index (χ1) is 39.5. The van der Waals surface area contributed by atoms with E-state index >= 15 is 0 Å². The minimum atomic E-state index is -1.86. The Morgan fingerprint density at radius 1 is 0.663 bits per heavy atom. The van der Waals surface area contributed by atoms with Crippen molar-refractivity contribution < 1.29 is 68.7 Å². The second kappa shape index (κ2) is 31.1. The highest BCUT2D eigenvalue weighted by molar-refractivity contribution is 8.76. The number of carbonyl (C=O) groups excluding carboxylic acids is 8. The highest BCUT2D eigenvalue weighted by atomic mass is 33.1. The average Bonchev–Trinajstić information content (AvgIpc) is 4.24. The fraction of sp³-hybridized carbons (Fsp3) is 0.431. The van der Waals surface area contributed by atoms with Crippen LogP contribution in [0.25, 0.3) is 11.1 Å². The lowest BCUT2D eigenvalue weighted by Gasteiger charge is -2.34. The van der Waals surface area contributed by atoms with Crippen molar-refractivity contribution in [2.24, 2.45) is 5.92 Å². The number of aromatic hydroxyl groups is 2. The molecular weight excluding hydrogens is 1110 g/mol. The molecule has 2 saturated heterocycles. The van der Waals surface area contributed by atoms with E-state index in [1.54, 1.807) is 19.1 Å². The summed E-state index contributed by atoms with van der Waals surface area (Å²) < 4.78 is 0. The van der Waals surface area contributed by atoms with Gasteiger partial charge in [-0.05, 0) is 97.7 Å². The molecule has 6 rings (SSSR count). The fourth-order valence-electron chi connectivity index (χ4n) is 9.41. The monoisotopic (exact) mass is 1180 g/mol. The molecule has 446 valence electrons. The maximum Gasteiger partial charge on any atom is 0.305 e. The highest BCUT2D eigenvalue weighted by Gasteiger charge is 2.40. The first-order valence-corrected chi connectivity index (χ1v) is 29.7. The summed E-state index contributed by atoms with van der Waals surface area (Å²) in [6.45, 7) is 6.22. The number of benzene rings is 4. The first kappa shape index (κ1) is 64.5. The lowest BCUT2D eigenvalue weighted by Crippen LogP contribution is -2.61. The Morgan fingerprint density at radius 2 is 1.22 bits per heavy atom. The van der Waals surface area contributed by atoms with Gasteiger partial charge in [-0.25, -0.2) is 0 Å². The van der Waals surface area contributed by atoms with Crippen LogP contribution in [0.1, 0.15) is 74.9 Å². The standard InChI is InChI=1S/C58H73N9O14S2/c1-32(2)25-45(64-51(74)39-18-16-38(17-19-39)37-9-6-5-7-10-37)58(81)67-24-8-11-47(67)56(79)65-46-31-83-82-30-33(3)60-57(80)50(34(4)68)66-48(71)29-59-52(75)42(26-35-12-20-40(69)21-13-35)61-53(76)43(27-36-14-22-41(70)23-15-36)62-54(77)44(28-49(72)73)63-55(46)78/h5-7,9-10,12-23,32-34,42-47,50,56,65,68-70,79H,8,11,24-31H2,1-4H3,(H,59,75)(H,60,80)(H,61,76)(H,62,77)(H,63,78)(H,64,74)(H,66,71)(H,72,73)/t33-,34?,42+,43+,44+,45+,46+,47+,50+,56+/m1/s1. The number of phenols is 2. The molecule has 25 heteroatoms. The number of aliphatic hydroxyl groups excluding tert-OH is 2. The molecule has 0 aliphatic carbocycles. The number of rotatable bonds is 16. The molecule has 8 amide bonds. The van der Waals surface area contributed by atoms with Crippen LogP contribution >= 0.6 is 21.6 Å². The molecule has 0 bridgehead atoms. The number of hydrogen-bond donors (Lipinski definition) is 13. The van der Waals surface area contributed by atoms with E-state index in [0.717, 1.165) is 21.9 Å². The smallest absolute Gasteiger partial charge is 0.305 e. The van der Waals surface area contributed by atoms with Crippen molar-refractivity contribution >= 4 is 74.8 Å². The first-order valence-electron chi connectivity index (χ1n) is 27.2. The molecular formula is C58H73N9O14S2. The zero-order valence-electron chi connectivity index (χ0n) is 46.4. The Bertz CT molecular complexity index is 2890. The molecule has 83 heavy (non-hydrogen) atoms. The van der Waals surface area contributed by atoms with Gasteiger partial charge < -0.3 is 67.7 Å². The van der Waals surface area contributed by atoms with Crippen molar-refractivity contribution in [3.05, 3.63) is 120 Å². The van der Waals surface area contributed by atoms with Gasteiger partial charge in [0.05, 0.1) is 31.2 Å². The number of carboxylic acids is 1.